The van der Waals surface area contributed by atoms with E-state index < -0.39 is 10.1 Å². The molecule has 4 nitrogen and oxygen atoms in total. The predicted octanol–water partition coefficient (Wildman–Crippen LogP) is 6.63. The molecule has 0 aromatic rings. The molecule has 4 aliphatic carbocycles. The van der Waals surface area contributed by atoms with Crippen molar-refractivity contribution < 1.29 is 17.4 Å². The Morgan fingerprint density at radius 3 is 2.30 bits per heavy atom. The molecule has 9 atom stereocenters. The minimum atomic E-state index is -3.45. The van der Waals surface area contributed by atoms with Gasteiger partial charge >= 0.3 is 0 Å². The highest BCUT2D eigenvalue weighted by atomic mass is 32.2. The van der Waals surface area contributed by atoms with E-state index in [1.165, 1.54) is 44.9 Å². The summed E-state index contributed by atoms with van der Waals surface area (Å²) in [5, 5.41) is 0. The van der Waals surface area contributed by atoms with Crippen molar-refractivity contribution >= 4 is 15.9 Å². The van der Waals surface area contributed by atoms with Gasteiger partial charge in [0.15, 0.2) is 0 Å². The van der Waals surface area contributed by atoms with Gasteiger partial charge in [0.1, 0.15) is 5.78 Å². The molecule has 0 aromatic heterocycles. The van der Waals surface area contributed by atoms with Crippen LogP contribution in [0, 0.1) is 52.3 Å². The van der Waals surface area contributed by atoms with Gasteiger partial charge in [-0.2, -0.15) is 8.42 Å². The Balaban J connectivity index is 1.49. The summed E-state index contributed by atoms with van der Waals surface area (Å²) < 4.78 is 28.8. The van der Waals surface area contributed by atoms with Crippen molar-refractivity contribution in [1.29, 1.82) is 0 Å². The maximum absolute atomic E-state index is 13.7. The fourth-order valence-corrected chi connectivity index (χ4v) is 9.92. The number of ketones is 1. The molecule has 0 unspecified atom stereocenters. The fourth-order valence-electron chi connectivity index (χ4n) is 9.25. The summed E-state index contributed by atoms with van der Waals surface area (Å²) in [6.45, 7) is 12.1. The molecular weight excluding hydrogens is 432 g/mol. The van der Waals surface area contributed by atoms with Crippen molar-refractivity contribution in [3.05, 3.63) is 0 Å². The monoisotopic (exact) mass is 480 g/mol. The van der Waals surface area contributed by atoms with Gasteiger partial charge in [0, 0.05) is 12.3 Å². The van der Waals surface area contributed by atoms with Crippen LogP contribution in [0.15, 0.2) is 0 Å². The molecule has 4 rings (SSSR count). The van der Waals surface area contributed by atoms with E-state index in [1.807, 2.05) is 0 Å². The van der Waals surface area contributed by atoms with E-state index in [-0.39, 0.29) is 23.4 Å². The molecule has 0 saturated heterocycles. The van der Waals surface area contributed by atoms with Gasteiger partial charge in [0.2, 0.25) is 0 Å². The zero-order valence-electron chi connectivity index (χ0n) is 21.9. The summed E-state index contributed by atoms with van der Waals surface area (Å²) in [5.41, 5.74) is 0.464. The van der Waals surface area contributed by atoms with Gasteiger partial charge in [0.25, 0.3) is 10.1 Å². The van der Waals surface area contributed by atoms with Gasteiger partial charge in [-0.05, 0) is 91.3 Å². The summed E-state index contributed by atoms with van der Waals surface area (Å²) in [6.07, 6.45) is 13.0. The smallest absolute Gasteiger partial charge is 0.264 e. The highest BCUT2D eigenvalue weighted by Gasteiger charge is 2.63. The number of carbonyl (C=O) groups is 1. The molecule has 33 heavy (non-hydrogen) atoms. The fraction of sp³-hybridized carbons (Fsp3) is 0.964. The lowest BCUT2D eigenvalue weighted by molar-refractivity contribution is -0.159. The van der Waals surface area contributed by atoms with Crippen LogP contribution in [-0.2, 0) is 19.1 Å². The van der Waals surface area contributed by atoms with Gasteiger partial charge in [0.05, 0.1) is 12.4 Å². The number of hydrogen-bond donors (Lipinski definition) is 0. The molecule has 0 bridgehead atoms. The maximum atomic E-state index is 13.7. The van der Waals surface area contributed by atoms with Gasteiger partial charge in [-0.25, -0.2) is 0 Å². The number of hydrogen-bond acceptors (Lipinski definition) is 4. The van der Waals surface area contributed by atoms with E-state index in [9.17, 15) is 13.2 Å². The van der Waals surface area contributed by atoms with Crippen LogP contribution < -0.4 is 0 Å². The molecule has 4 saturated carbocycles. The Hall–Kier alpha value is -0.420. The third-order valence-electron chi connectivity index (χ3n) is 10.9. The van der Waals surface area contributed by atoms with Gasteiger partial charge in [-0.3, -0.25) is 8.98 Å². The molecule has 4 fully saturated rings. The third kappa shape index (κ3) is 4.84. The highest BCUT2D eigenvalue weighted by Crippen LogP contribution is 2.67. The van der Waals surface area contributed by atoms with Crippen molar-refractivity contribution in [2.24, 2.45) is 52.3 Å². The van der Waals surface area contributed by atoms with Gasteiger partial charge < -0.3 is 0 Å². The van der Waals surface area contributed by atoms with Crippen LogP contribution in [0.5, 0.6) is 0 Å². The summed E-state index contributed by atoms with van der Waals surface area (Å²) in [4.78, 5) is 13.7. The lowest BCUT2D eigenvalue weighted by Gasteiger charge is -2.60. The van der Waals surface area contributed by atoms with E-state index in [2.05, 4.69) is 34.6 Å². The van der Waals surface area contributed by atoms with Crippen molar-refractivity contribution in [2.75, 3.05) is 6.26 Å². The van der Waals surface area contributed by atoms with Crippen LogP contribution in [0.4, 0.5) is 0 Å². The topological polar surface area (TPSA) is 60.4 Å². The van der Waals surface area contributed by atoms with Gasteiger partial charge in [-0.15, -0.1) is 0 Å². The minimum absolute atomic E-state index is 0.151. The van der Waals surface area contributed by atoms with Crippen molar-refractivity contribution in [1.82, 2.24) is 0 Å². The molecule has 5 heteroatoms. The molecule has 0 amide bonds. The number of carbonyl (C=O) groups excluding carboxylic acids is 1. The summed E-state index contributed by atoms with van der Waals surface area (Å²) >= 11 is 0. The van der Waals surface area contributed by atoms with Crippen molar-refractivity contribution in [3.8, 4) is 0 Å². The van der Waals surface area contributed by atoms with Gasteiger partial charge in [-0.1, -0.05) is 53.9 Å². The lowest BCUT2D eigenvalue weighted by atomic mass is 9.44. The molecule has 190 valence electrons. The van der Waals surface area contributed by atoms with Crippen LogP contribution in [0.2, 0.25) is 0 Å². The first-order valence-corrected chi connectivity index (χ1v) is 15.6. The standard InChI is InChI=1S/C28H48O4S/c1-18(2)8-7-9-19(3)22-10-11-23-26-24(13-15-28(22,23)5)27(4)14-12-21(32-33(6,30)31)16-20(27)17-25(26)29/h18-24,26H,7-17H2,1-6H3/t19-,20-,21+,22-,23+,24+,26+,27+,28-/m1/s1. The largest absolute Gasteiger partial charge is 0.299 e. The number of rotatable bonds is 7. The molecule has 0 N–H and O–H groups in total. The van der Waals surface area contributed by atoms with E-state index in [0.29, 0.717) is 29.5 Å². The second kappa shape index (κ2) is 9.22. The summed E-state index contributed by atoms with van der Waals surface area (Å²) in [6, 6.07) is 0. The number of Topliss-reactive ketones (excluding diaryl/α,β-unsaturated/α-hetero) is 1. The second-order valence-corrected chi connectivity index (χ2v) is 14.9. The molecule has 0 radical (unpaired) electrons. The van der Waals surface area contributed by atoms with E-state index >= 15 is 0 Å². The first-order valence-electron chi connectivity index (χ1n) is 13.8. The zero-order valence-corrected chi connectivity index (χ0v) is 22.8. The normalized spacial score (nSPS) is 44.3. The molecule has 0 heterocycles. The maximum Gasteiger partial charge on any atom is 0.264 e. The first kappa shape index (κ1) is 25.7. The Kier molecular flexibility index (Phi) is 7.17. The van der Waals surface area contributed by atoms with Crippen LogP contribution >= 0.6 is 0 Å². The van der Waals surface area contributed by atoms with Crippen molar-refractivity contribution in [2.45, 2.75) is 111 Å². The molecule has 0 aromatic carbocycles. The molecule has 4 aliphatic rings. The molecule has 0 spiro atoms. The van der Waals surface area contributed by atoms with Crippen LogP contribution in [-0.4, -0.2) is 26.6 Å². The lowest BCUT2D eigenvalue weighted by Crippen LogP contribution is -2.57. The van der Waals surface area contributed by atoms with Crippen molar-refractivity contribution in [3.63, 3.8) is 0 Å². The Bertz CT molecular complexity index is 835. The first-order chi connectivity index (χ1) is 15.3. The quantitative estimate of drug-likeness (QED) is 0.384. The minimum Gasteiger partial charge on any atom is -0.299 e. The Morgan fingerprint density at radius 2 is 1.64 bits per heavy atom. The predicted molar refractivity (Wildman–Crippen MR) is 133 cm³/mol. The zero-order chi connectivity index (χ0) is 24.2. The SMILES string of the molecule is CC(C)CCC[C@@H](C)[C@H]1CC[C@H]2[C@@H]3C(=O)C[C@H]4C[C@@H](OS(C)(=O)=O)CC[C@]4(C)[C@H]3CC[C@]12C. The van der Waals surface area contributed by atoms with Crippen LogP contribution in [0.3, 0.4) is 0 Å². The van der Waals surface area contributed by atoms with E-state index in [4.69, 9.17) is 4.18 Å². The Morgan fingerprint density at radius 1 is 0.970 bits per heavy atom. The average molecular weight is 481 g/mol. The second-order valence-electron chi connectivity index (χ2n) is 13.3. The number of fused-ring (bicyclic) bond motifs is 5. The third-order valence-corrected chi connectivity index (χ3v) is 11.6. The average Bonchev–Trinajstić information content (AvgIpc) is 3.05. The van der Waals surface area contributed by atoms with Crippen LogP contribution in [0.25, 0.3) is 0 Å². The summed E-state index contributed by atoms with van der Waals surface area (Å²) in [5.74, 6) is 4.28. The highest BCUT2D eigenvalue weighted by molar-refractivity contribution is 7.86. The Labute approximate surface area is 203 Å². The van der Waals surface area contributed by atoms with E-state index in [1.54, 1.807) is 0 Å². The molecular formula is C28H48O4S. The summed E-state index contributed by atoms with van der Waals surface area (Å²) in [7, 11) is -3.45. The molecule has 0 aliphatic heterocycles. The van der Waals surface area contributed by atoms with E-state index in [0.717, 1.165) is 43.3 Å². The van der Waals surface area contributed by atoms with Crippen LogP contribution in [0.1, 0.15) is 105 Å².